The Hall–Kier alpha value is -2.62. The van der Waals surface area contributed by atoms with Crippen LogP contribution in [-0.2, 0) is 0 Å². The molecule has 122 valence electrons. The summed E-state index contributed by atoms with van der Waals surface area (Å²) in [5.41, 5.74) is 0.442. The minimum Gasteiger partial charge on any atom is -0.294 e. The zero-order chi connectivity index (χ0) is 17.2. The van der Waals surface area contributed by atoms with Gasteiger partial charge >= 0.3 is 6.18 Å². The van der Waals surface area contributed by atoms with Gasteiger partial charge in [0.15, 0.2) is 5.78 Å². The van der Waals surface area contributed by atoms with Crippen LogP contribution in [0.25, 0.3) is 10.8 Å². The van der Waals surface area contributed by atoms with E-state index in [4.69, 9.17) is 0 Å². The predicted molar refractivity (Wildman–Crippen MR) is 88.1 cm³/mol. The van der Waals surface area contributed by atoms with Crippen LogP contribution in [0.1, 0.15) is 28.3 Å². The highest BCUT2D eigenvalue weighted by Gasteiger charge is 2.42. The summed E-state index contributed by atoms with van der Waals surface area (Å²) in [5, 5.41) is 1.26. The highest BCUT2D eigenvalue weighted by atomic mass is 19.4. The first-order valence-electron chi connectivity index (χ1n) is 7.59. The molecule has 3 aromatic carbocycles. The molecule has 3 aromatic rings. The molecular weight excluding hydrogens is 313 g/mol. The number of carbonyl (C=O) groups excluding carboxylic acids is 1. The Labute approximate surface area is 137 Å². The molecule has 0 saturated heterocycles. The van der Waals surface area contributed by atoms with E-state index in [1.807, 2.05) is 0 Å². The van der Waals surface area contributed by atoms with Gasteiger partial charge in [-0.25, -0.2) is 0 Å². The van der Waals surface area contributed by atoms with E-state index < -0.39 is 24.3 Å². The maximum atomic E-state index is 13.7. The summed E-state index contributed by atoms with van der Waals surface area (Å²) < 4.78 is 41.0. The lowest BCUT2D eigenvalue weighted by Crippen LogP contribution is -2.24. The smallest absolute Gasteiger partial charge is 0.294 e. The zero-order valence-corrected chi connectivity index (χ0v) is 12.8. The van der Waals surface area contributed by atoms with Crippen LogP contribution in [0, 0.1) is 0 Å². The summed E-state index contributed by atoms with van der Waals surface area (Å²) in [6.07, 6.45) is -5.09. The molecule has 0 bridgehead atoms. The molecule has 1 atom stereocenters. The molecule has 0 heterocycles. The Bertz CT molecular complexity index is 848. The van der Waals surface area contributed by atoms with Crippen LogP contribution in [0.15, 0.2) is 72.8 Å². The van der Waals surface area contributed by atoms with Crippen molar-refractivity contribution in [2.24, 2.45) is 0 Å². The van der Waals surface area contributed by atoms with E-state index >= 15 is 0 Å². The Morgan fingerprint density at radius 1 is 0.833 bits per heavy atom. The van der Waals surface area contributed by atoms with Crippen molar-refractivity contribution in [1.29, 1.82) is 0 Å². The van der Waals surface area contributed by atoms with Crippen molar-refractivity contribution in [3.8, 4) is 0 Å². The normalized spacial score (nSPS) is 13.0. The van der Waals surface area contributed by atoms with Crippen LogP contribution >= 0.6 is 0 Å². The number of Topliss-reactive ketones (excluding diaryl/α,β-unsaturated/α-hetero) is 1. The van der Waals surface area contributed by atoms with Gasteiger partial charge in [0.25, 0.3) is 0 Å². The number of halogens is 3. The van der Waals surface area contributed by atoms with E-state index in [9.17, 15) is 18.0 Å². The number of hydrogen-bond donors (Lipinski definition) is 0. The van der Waals surface area contributed by atoms with Crippen molar-refractivity contribution < 1.29 is 18.0 Å². The largest absolute Gasteiger partial charge is 0.396 e. The number of rotatable bonds is 4. The van der Waals surface area contributed by atoms with Crippen molar-refractivity contribution in [3.63, 3.8) is 0 Å². The highest BCUT2D eigenvalue weighted by Crippen LogP contribution is 2.41. The second-order valence-corrected chi connectivity index (χ2v) is 5.66. The topological polar surface area (TPSA) is 17.1 Å². The van der Waals surface area contributed by atoms with Crippen molar-refractivity contribution in [3.05, 3.63) is 83.9 Å². The van der Waals surface area contributed by atoms with Gasteiger partial charge in [0.2, 0.25) is 0 Å². The molecule has 0 aliphatic heterocycles. The van der Waals surface area contributed by atoms with Gasteiger partial charge in [-0.3, -0.25) is 4.79 Å². The molecule has 0 aliphatic rings. The third-order valence-corrected chi connectivity index (χ3v) is 4.08. The molecule has 0 fully saturated rings. The fourth-order valence-electron chi connectivity index (χ4n) is 2.88. The van der Waals surface area contributed by atoms with Gasteiger partial charge in [0.1, 0.15) is 0 Å². The van der Waals surface area contributed by atoms with Crippen LogP contribution in [0.4, 0.5) is 13.2 Å². The molecule has 1 nitrogen and oxygen atoms in total. The lowest BCUT2D eigenvalue weighted by Gasteiger charge is -2.22. The molecule has 0 amide bonds. The van der Waals surface area contributed by atoms with E-state index in [-0.39, 0.29) is 5.56 Å². The molecule has 24 heavy (non-hydrogen) atoms. The third-order valence-electron chi connectivity index (χ3n) is 4.08. The highest BCUT2D eigenvalue weighted by molar-refractivity contribution is 5.97. The number of benzene rings is 3. The van der Waals surface area contributed by atoms with Crippen LogP contribution in [-0.4, -0.2) is 12.0 Å². The fourth-order valence-corrected chi connectivity index (χ4v) is 2.88. The molecule has 4 heteroatoms. The zero-order valence-electron chi connectivity index (χ0n) is 12.8. The summed E-state index contributed by atoms with van der Waals surface area (Å²) in [6, 6.07) is 19.8. The molecule has 0 aliphatic carbocycles. The van der Waals surface area contributed by atoms with Gasteiger partial charge in [0.05, 0.1) is 5.92 Å². The van der Waals surface area contributed by atoms with E-state index in [1.165, 1.54) is 6.07 Å². The SMILES string of the molecule is O=C(CC(c1cccc2ccccc12)C(F)(F)F)c1ccccc1. The third kappa shape index (κ3) is 3.32. The van der Waals surface area contributed by atoms with E-state index in [0.717, 1.165) is 5.39 Å². The van der Waals surface area contributed by atoms with Crippen molar-refractivity contribution >= 4 is 16.6 Å². The minimum absolute atomic E-state index is 0.143. The molecular formula is C20H15F3O. The number of hydrogen-bond acceptors (Lipinski definition) is 1. The Balaban J connectivity index is 2.03. The van der Waals surface area contributed by atoms with Gasteiger partial charge in [0, 0.05) is 12.0 Å². The minimum atomic E-state index is -4.49. The van der Waals surface area contributed by atoms with Crippen molar-refractivity contribution in [2.45, 2.75) is 18.5 Å². The lowest BCUT2D eigenvalue weighted by molar-refractivity contribution is -0.149. The maximum Gasteiger partial charge on any atom is 0.396 e. The van der Waals surface area contributed by atoms with Gasteiger partial charge in [-0.1, -0.05) is 72.8 Å². The number of carbonyl (C=O) groups is 1. The van der Waals surface area contributed by atoms with E-state index in [2.05, 4.69) is 0 Å². The summed E-state index contributed by atoms with van der Waals surface area (Å²) in [5.74, 6) is -2.33. The number of alkyl halides is 3. The summed E-state index contributed by atoms with van der Waals surface area (Å²) in [4.78, 5) is 12.3. The molecule has 1 unspecified atom stereocenters. The first-order chi connectivity index (χ1) is 11.5. The first kappa shape index (κ1) is 16.2. The van der Waals surface area contributed by atoms with Gasteiger partial charge in [-0.2, -0.15) is 13.2 Å². The standard InChI is InChI=1S/C20H15F3O/c21-20(22,23)18(13-19(24)15-8-2-1-3-9-15)17-12-6-10-14-7-4-5-11-16(14)17/h1-12,18H,13H2. The Morgan fingerprint density at radius 3 is 2.17 bits per heavy atom. The predicted octanol–water partition coefficient (Wildman–Crippen LogP) is 5.76. The van der Waals surface area contributed by atoms with Crippen LogP contribution in [0.5, 0.6) is 0 Å². The van der Waals surface area contributed by atoms with Gasteiger partial charge < -0.3 is 0 Å². The first-order valence-corrected chi connectivity index (χ1v) is 7.59. The van der Waals surface area contributed by atoms with Crippen LogP contribution < -0.4 is 0 Å². The monoisotopic (exact) mass is 328 g/mol. The summed E-state index contributed by atoms with van der Waals surface area (Å²) in [6.45, 7) is 0. The molecule has 0 spiro atoms. The van der Waals surface area contributed by atoms with E-state index in [0.29, 0.717) is 10.9 Å². The second-order valence-electron chi connectivity index (χ2n) is 5.66. The molecule has 0 aromatic heterocycles. The Kier molecular flexibility index (Phi) is 4.38. The van der Waals surface area contributed by atoms with Crippen LogP contribution in [0.2, 0.25) is 0 Å². The van der Waals surface area contributed by atoms with Crippen LogP contribution in [0.3, 0.4) is 0 Å². The molecule has 3 rings (SSSR count). The summed E-state index contributed by atoms with van der Waals surface area (Å²) in [7, 11) is 0. The number of fused-ring (bicyclic) bond motifs is 1. The fraction of sp³-hybridized carbons (Fsp3) is 0.150. The molecule has 0 radical (unpaired) electrons. The van der Waals surface area contributed by atoms with Crippen molar-refractivity contribution in [1.82, 2.24) is 0 Å². The average molecular weight is 328 g/mol. The molecule has 0 N–H and O–H groups in total. The second kappa shape index (κ2) is 6.48. The average Bonchev–Trinajstić information content (AvgIpc) is 2.59. The summed E-state index contributed by atoms with van der Waals surface area (Å²) >= 11 is 0. The van der Waals surface area contributed by atoms with Gasteiger partial charge in [-0.15, -0.1) is 0 Å². The quantitative estimate of drug-likeness (QED) is 0.557. The maximum absolute atomic E-state index is 13.7. The lowest BCUT2D eigenvalue weighted by atomic mass is 9.88. The van der Waals surface area contributed by atoms with Gasteiger partial charge in [-0.05, 0) is 16.3 Å². The Morgan fingerprint density at radius 2 is 1.46 bits per heavy atom. The van der Waals surface area contributed by atoms with E-state index in [1.54, 1.807) is 66.7 Å². The molecule has 0 saturated carbocycles. The number of ketones is 1. The van der Waals surface area contributed by atoms with Crippen molar-refractivity contribution in [2.75, 3.05) is 0 Å².